The second-order valence-corrected chi connectivity index (χ2v) is 6.12. The smallest absolute Gasteiger partial charge is 0.323 e. The molecule has 0 heterocycles. The molecule has 3 N–H and O–H groups in total. The first-order valence-electron chi connectivity index (χ1n) is 6.72. The zero-order valence-electron chi connectivity index (χ0n) is 14.2. The van der Waals surface area contributed by atoms with Gasteiger partial charge in [0, 0.05) is 0 Å². The average molecular weight is 308 g/mol. The third-order valence-electron chi connectivity index (χ3n) is 1.53. The van der Waals surface area contributed by atoms with Crippen LogP contribution in [-0.4, -0.2) is 45.8 Å². The Labute approximate surface area is 125 Å². The molecular formula is C13H25NO7. The molecule has 21 heavy (non-hydrogen) atoms. The fourth-order valence-corrected chi connectivity index (χ4v) is 0.727. The maximum atomic E-state index is 10.5. The fraction of sp³-hybridized carbons (Fsp3) is 0.769. The van der Waals surface area contributed by atoms with Gasteiger partial charge in [-0.2, -0.15) is 5.48 Å². The number of carboxylic acid groups (broad SMARTS) is 2. The lowest BCUT2D eigenvalue weighted by Crippen LogP contribution is -2.42. The van der Waals surface area contributed by atoms with E-state index in [1.54, 1.807) is 41.5 Å². The van der Waals surface area contributed by atoms with Crippen LogP contribution in [0, 0.1) is 0 Å². The van der Waals surface area contributed by atoms with Crippen LogP contribution in [0.2, 0.25) is 0 Å². The van der Waals surface area contributed by atoms with Crippen molar-refractivity contribution in [2.75, 3.05) is 0 Å². The molecule has 0 spiro atoms. The third kappa shape index (κ3) is 18.3. The second kappa shape index (κ2) is 9.30. The zero-order valence-corrected chi connectivity index (χ0v) is 13.2. The molecule has 0 aromatic heterocycles. The summed E-state index contributed by atoms with van der Waals surface area (Å²) in [5, 5.41) is 17.0. The Morgan fingerprint density at radius 3 is 1.86 bits per heavy atom. The molecule has 1 atom stereocenters. The number of carboxylic acids is 2. The van der Waals surface area contributed by atoms with Gasteiger partial charge >= 0.3 is 11.9 Å². The Kier molecular flexibility index (Phi) is 8.56. The number of hydrogen-bond acceptors (Lipinski definition) is 6. The van der Waals surface area contributed by atoms with Crippen LogP contribution >= 0.6 is 0 Å². The number of aliphatic carboxylic acids is 2. The first kappa shape index (κ1) is 19.3. The summed E-state index contributed by atoms with van der Waals surface area (Å²) in [7, 11) is 0. The lowest BCUT2D eigenvalue weighted by Gasteiger charge is -2.22. The molecule has 124 valence electrons. The fourth-order valence-electron chi connectivity index (χ4n) is 0.727. The van der Waals surface area contributed by atoms with E-state index in [1.807, 2.05) is 0 Å². The Bertz CT molecular complexity index is 385. The average Bonchev–Trinajstić information content (AvgIpc) is 2.19. The van der Waals surface area contributed by atoms with Crippen molar-refractivity contribution in [1.29, 1.82) is 0 Å². The van der Waals surface area contributed by atoms with E-state index in [1.165, 1.54) is 0 Å². The number of carbonyl (C=O) groups excluding carboxylic acids is 1. The Balaban J connectivity index is 0. The molecule has 0 fully saturated rings. The van der Waals surface area contributed by atoms with Crippen LogP contribution in [0.3, 0.4) is 0 Å². The van der Waals surface area contributed by atoms with Gasteiger partial charge in [0.05, 0.1) is 12.0 Å². The number of ether oxygens (including phenoxy) is 1. The van der Waals surface area contributed by atoms with Crippen LogP contribution in [-0.2, 0) is 24.0 Å². The number of hydrogen-bond donors (Lipinski definition) is 3. The van der Waals surface area contributed by atoms with E-state index in [0.29, 0.717) is 0 Å². The van der Waals surface area contributed by atoms with Crippen molar-refractivity contribution in [2.45, 2.75) is 65.2 Å². The van der Waals surface area contributed by atoms with E-state index in [-0.39, 0.29) is 0 Å². The van der Waals surface area contributed by atoms with Crippen LogP contribution < -0.4 is 5.48 Å². The lowest BCUT2D eigenvalue weighted by molar-refractivity contribution is -0.156. The molecule has 0 bridgehead atoms. The van der Waals surface area contributed by atoms with Crippen LogP contribution in [0.15, 0.2) is 0 Å². The highest BCUT2D eigenvalue weighted by molar-refractivity contribution is 5.80. The molecule has 0 aliphatic carbocycles. The van der Waals surface area contributed by atoms with E-state index in [4.69, 9.17) is 16.4 Å². The Hall–Kier alpha value is -1.67. The lowest BCUT2D eigenvalue weighted by atomic mass is 10.2. The monoisotopic (exact) mass is 308 g/mol. The van der Waals surface area contributed by atoms with Crippen LogP contribution in [0.25, 0.3) is 0 Å². The molecule has 0 aliphatic rings. The maximum absolute atomic E-state index is 10.5. The van der Waals surface area contributed by atoms with Gasteiger partial charge in [-0.25, -0.2) is 0 Å². The van der Waals surface area contributed by atoms with Gasteiger partial charge in [-0.15, -0.1) is 0 Å². The van der Waals surface area contributed by atoms with Crippen molar-refractivity contribution in [2.24, 2.45) is 0 Å². The molecule has 8 heteroatoms. The minimum Gasteiger partial charge on any atom is -0.481 e. The first-order chi connectivity index (χ1) is 9.64. The highest BCUT2D eigenvalue weighted by Gasteiger charge is 2.23. The van der Waals surface area contributed by atoms with Crippen molar-refractivity contribution >= 4 is 18.4 Å². The first-order valence-corrected chi connectivity index (χ1v) is 6.22. The number of rotatable bonds is 5. The molecular weight excluding hydrogens is 282 g/mol. The molecule has 0 radical (unpaired) electrons. The molecule has 0 rings (SSSR count). The minimum absolute atomic E-state index is 0.515. The normalized spacial score (nSPS) is 13.3. The van der Waals surface area contributed by atoms with Gasteiger partial charge in [0.2, 0.25) is 0 Å². The largest absolute Gasteiger partial charge is 0.481 e. The van der Waals surface area contributed by atoms with Crippen molar-refractivity contribution < 1.29 is 35.5 Å². The standard InChI is InChI=1S/C8H15NO5.C5H10O2/c1-8(2,3)14-9-5(7(12)13)4-6(10)11;1-5(2,3)7-4-6/h5,9H,4H2,1-3H3,(H,10,11)(H,12,13);4H,1-3H3/t5-;/m0./s1/i;4D. The number of carbonyl (C=O) groups is 3. The van der Waals surface area contributed by atoms with Gasteiger partial charge in [-0.3, -0.25) is 19.2 Å². The van der Waals surface area contributed by atoms with Crippen molar-refractivity contribution in [3.63, 3.8) is 0 Å². The summed E-state index contributed by atoms with van der Waals surface area (Å²) in [5.41, 5.74) is 1.13. The summed E-state index contributed by atoms with van der Waals surface area (Å²) in [5.74, 6) is -2.45. The predicted octanol–water partition coefficient (Wildman–Crippen LogP) is 1.19. The molecule has 0 aliphatic heterocycles. The highest BCUT2D eigenvalue weighted by atomic mass is 16.7. The van der Waals surface area contributed by atoms with Crippen molar-refractivity contribution in [3.05, 3.63) is 0 Å². The van der Waals surface area contributed by atoms with Gasteiger partial charge in [-0.05, 0) is 41.5 Å². The highest BCUT2D eigenvalue weighted by Crippen LogP contribution is 2.05. The molecule has 0 aromatic rings. The zero-order chi connectivity index (χ0) is 18.1. The quantitative estimate of drug-likeness (QED) is 0.511. The van der Waals surface area contributed by atoms with E-state index in [2.05, 4.69) is 10.2 Å². The van der Waals surface area contributed by atoms with Gasteiger partial charge in [0.25, 0.3) is 6.45 Å². The molecule has 0 unspecified atom stereocenters. The van der Waals surface area contributed by atoms with Crippen LogP contribution in [0.5, 0.6) is 0 Å². The van der Waals surface area contributed by atoms with Gasteiger partial charge < -0.3 is 14.9 Å². The van der Waals surface area contributed by atoms with Gasteiger partial charge in [0.1, 0.15) is 11.6 Å². The summed E-state index contributed by atoms with van der Waals surface area (Å²) < 4.78 is 10.8. The predicted molar refractivity (Wildman–Crippen MR) is 74.6 cm³/mol. The van der Waals surface area contributed by atoms with E-state index < -0.39 is 42.1 Å². The SMILES string of the molecule is CC(C)(C)ON[C@@H](CC(=O)O)C(=O)O.[2H]C(=O)OC(C)(C)C. The Morgan fingerprint density at radius 2 is 1.67 bits per heavy atom. The van der Waals surface area contributed by atoms with Gasteiger partial charge in [-0.1, -0.05) is 0 Å². The van der Waals surface area contributed by atoms with Crippen LogP contribution in [0.1, 0.15) is 49.3 Å². The molecule has 0 saturated carbocycles. The minimum atomic E-state index is -1.25. The number of nitrogens with one attached hydrogen (secondary N) is 1. The van der Waals surface area contributed by atoms with Crippen molar-refractivity contribution in [1.82, 2.24) is 5.48 Å². The second-order valence-electron chi connectivity index (χ2n) is 6.12. The molecule has 0 amide bonds. The topological polar surface area (TPSA) is 122 Å². The van der Waals surface area contributed by atoms with Crippen LogP contribution in [0.4, 0.5) is 0 Å². The maximum Gasteiger partial charge on any atom is 0.323 e. The molecule has 8 nitrogen and oxygen atoms in total. The van der Waals surface area contributed by atoms with E-state index in [0.717, 1.165) is 0 Å². The third-order valence-corrected chi connectivity index (χ3v) is 1.53. The summed E-state index contributed by atoms with van der Waals surface area (Å²) >= 11 is 0. The summed E-state index contributed by atoms with van der Waals surface area (Å²) in [6.07, 6.45) is -1.50. The summed E-state index contributed by atoms with van der Waals surface area (Å²) in [6.45, 7) is 10.3. The van der Waals surface area contributed by atoms with E-state index >= 15 is 0 Å². The van der Waals surface area contributed by atoms with Gasteiger partial charge in [0.15, 0.2) is 1.37 Å². The molecule has 0 aromatic carbocycles. The summed E-state index contributed by atoms with van der Waals surface area (Å²) in [6, 6.07) is -1.23. The number of hydroxylamine groups is 1. The van der Waals surface area contributed by atoms with E-state index in [9.17, 15) is 14.4 Å². The molecule has 0 saturated heterocycles. The Morgan fingerprint density at radius 1 is 1.19 bits per heavy atom. The summed E-state index contributed by atoms with van der Waals surface area (Å²) in [4.78, 5) is 35.7. The van der Waals surface area contributed by atoms with Crippen molar-refractivity contribution in [3.8, 4) is 0 Å².